The number of aliphatic imine (C=N–C) groups is 1. The number of carbonyl (C=O) groups is 1. The number of halogens is 1. The van der Waals surface area contributed by atoms with Crippen LogP contribution in [0.2, 0.25) is 0 Å². The minimum Gasteiger partial charge on any atom is -0.490 e. The number of nitrogens with one attached hydrogen (secondary N) is 1. The predicted molar refractivity (Wildman–Crippen MR) is 141 cm³/mol. The molecule has 0 aromatic heterocycles. The fourth-order valence-electron chi connectivity index (χ4n) is 3.37. The lowest BCUT2D eigenvalue weighted by molar-refractivity contribution is -0.114. The topological polar surface area (TPSA) is 87.3 Å². The summed E-state index contributed by atoms with van der Waals surface area (Å²) in [4.78, 5) is 16.8. The summed E-state index contributed by atoms with van der Waals surface area (Å²) in [6, 6.07) is 13.3. The SMILES string of the molecule is C=CCc1ccccc1OCCOc1ccc(Br)cc1/C=C1\C(=N)N2N=C(CC)SC2=NC1=O. The molecule has 34 heavy (non-hydrogen) atoms. The number of amides is 1. The molecule has 174 valence electrons. The van der Waals surface area contributed by atoms with Gasteiger partial charge in [-0.3, -0.25) is 10.2 Å². The maximum absolute atomic E-state index is 12.7. The molecule has 2 aromatic carbocycles. The number of hydrogen-bond donors (Lipinski definition) is 1. The van der Waals surface area contributed by atoms with Crippen molar-refractivity contribution in [3.05, 3.63) is 76.3 Å². The van der Waals surface area contributed by atoms with E-state index in [-0.39, 0.29) is 11.4 Å². The van der Waals surface area contributed by atoms with E-state index in [2.05, 4.69) is 32.6 Å². The Hall–Kier alpha value is -3.17. The Morgan fingerprint density at radius 1 is 1.18 bits per heavy atom. The van der Waals surface area contributed by atoms with Gasteiger partial charge in [0.05, 0.1) is 5.57 Å². The standard InChI is InChI=1S/C25H23BrN4O3S/c1-3-7-16-8-5-6-9-20(16)32-12-13-33-21-11-10-18(26)14-17(21)15-19-23(27)30-25(28-24(19)31)34-22(4-2)29-30/h3,5-6,8-11,14-15,27H,1,4,7,12-13H2,2H3/b19-15+,27-23?. The van der Waals surface area contributed by atoms with Crippen molar-refractivity contribution in [1.82, 2.24) is 5.01 Å². The molecule has 0 fully saturated rings. The number of rotatable bonds is 9. The van der Waals surface area contributed by atoms with Crippen LogP contribution in [0.25, 0.3) is 6.08 Å². The lowest BCUT2D eigenvalue weighted by Crippen LogP contribution is -2.35. The van der Waals surface area contributed by atoms with E-state index in [1.807, 2.05) is 55.5 Å². The summed E-state index contributed by atoms with van der Waals surface area (Å²) in [7, 11) is 0. The molecule has 0 radical (unpaired) electrons. The number of thioether (sulfide) groups is 1. The van der Waals surface area contributed by atoms with Crippen LogP contribution in [0.15, 0.2) is 75.3 Å². The van der Waals surface area contributed by atoms with E-state index in [4.69, 9.17) is 14.9 Å². The lowest BCUT2D eigenvalue weighted by atomic mass is 10.1. The first kappa shape index (κ1) is 24.0. The summed E-state index contributed by atoms with van der Waals surface area (Å²) in [5.74, 6) is 0.903. The molecule has 0 atom stereocenters. The predicted octanol–water partition coefficient (Wildman–Crippen LogP) is 5.66. The average Bonchev–Trinajstić information content (AvgIpc) is 3.25. The molecule has 2 aliphatic heterocycles. The third-order valence-corrected chi connectivity index (χ3v) is 6.55. The lowest BCUT2D eigenvalue weighted by Gasteiger charge is -2.20. The third-order valence-electron chi connectivity index (χ3n) is 5.01. The summed E-state index contributed by atoms with van der Waals surface area (Å²) in [5.41, 5.74) is 1.87. The minimum absolute atomic E-state index is 0.000894. The Kier molecular flexibility index (Phi) is 7.64. The van der Waals surface area contributed by atoms with Gasteiger partial charge in [-0.2, -0.15) is 15.1 Å². The molecule has 0 spiro atoms. The van der Waals surface area contributed by atoms with Crippen molar-refractivity contribution in [2.24, 2.45) is 10.1 Å². The second-order valence-corrected chi connectivity index (χ2v) is 9.30. The molecule has 7 nitrogen and oxygen atoms in total. The maximum atomic E-state index is 12.7. The number of carbonyl (C=O) groups excluding carboxylic acids is 1. The summed E-state index contributed by atoms with van der Waals surface area (Å²) in [5, 5.41) is 15.5. The maximum Gasteiger partial charge on any atom is 0.283 e. The van der Waals surface area contributed by atoms with Gasteiger partial charge >= 0.3 is 0 Å². The van der Waals surface area contributed by atoms with Crippen molar-refractivity contribution >= 4 is 55.7 Å². The highest BCUT2D eigenvalue weighted by Gasteiger charge is 2.35. The largest absolute Gasteiger partial charge is 0.490 e. The van der Waals surface area contributed by atoms with E-state index in [1.165, 1.54) is 16.8 Å². The molecular formula is C25H23BrN4O3S. The van der Waals surface area contributed by atoms with Gasteiger partial charge in [-0.25, -0.2) is 0 Å². The fraction of sp³-hybridized carbons (Fsp3) is 0.200. The van der Waals surface area contributed by atoms with Crippen molar-refractivity contribution in [3.8, 4) is 11.5 Å². The van der Waals surface area contributed by atoms with E-state index in [1.54, 1.807) is 6.08 Å². The first-order valence-corrected chi connectivity index (χ1v) is 12.3. The number of amidine groups is 2. The monoisotopic (exact) mass is 538 g/mol. The normalized spacial score (nSPS) is 16.3. The van der Waals surface area contributed by atoms with Crippen LogP contribution >= 0.6 is 27.7 Å². The van der Waals surface area contributed by atoms with Crippen LogP contribution in [0.3, 0.4) is 0 Å². The van der Waals surface area contributed by atoms with Gasteiger partial charge in [0.25, 0.3) is 5.91 Å². The number of hydrogen-bond acceptors (Lipinski definition) is 6. The number of allylic oxidation sites excluding steroid dienone is 1. The van der Waals surface area contributed by atoms with Crippen molar-refractivity contribution < 1.29 is 14.3 Å². The van der Waals surface area contributed by atoms with Gasteiger partial charge in [-0.15, -0.1) is 6.58 Å². The van der Waals surface area contributed by atoms with E-state index in [0.29, 0.717) is 36.1 Å². The summed E-state index contributed by atoms with van der Waals surface area (Å²) < 4.78 is 12.7. The number of para-hydroxylation sites is 1. The smallest absolute Gasteiger partial charge is 0.283 e. The summed E-state index contributed by atoms with van der Waals surface area (Å²) in [6.07, 6.45) is 4.90. The molecule has 0 unspecified atom stereocenters. The molecule has 4 rings (SSSR count). The molecule has 0 saturated heterocycles. The van der Waals surface area contributed by atoms with Gasteiger partial charge in [-0.1, -0.05) is 47.1 Å². The molecule has 1 N–H and O–H groups in total. The summed E-state index contributed by atoms with van der Waals surface area (Å²) >= 11 is 4.79. The van der Waals surface area contributed by atoms with Gasteiger partial charge in [0.15, 0.2) is 5.84 Å². The Labute approximate surface area is 210 Å². The van der Waals surface area contributed by atoms with Crippen LogP contribution < -0.4 is 9.47 Å². The highest BCUT2D eigenvalue weighted by atomic mass is 79.9. The molecule has 0 bridgehead atoms. The van der Waals surface area contributed by atoms with E-state index < -0.39 is 5.91 Å². The molecule has 0 aliphatic carbocycles. The van der Waals surface area contributed by atoms with Crippen LogP contribution in [-0.2, 0) is 11.2 Å². The van der Waals surface area contributed by atoms with E-state index in [9.17, 15) is 4.79 Å². The number of nitrogens with zero attached hydrogens (tertiary/aromatic N) is 3. The van der Waals surface area contributed by atoms with Crippen LogP contribution in [0, 0.1) is 5.41 Å². The van der Waals surface area contributed by atoms with Gasteiger partial charge in [0.1, 0.15) is 29.8 Å². The molecule has 2 aromatic rings. The zero-order chi connectivity index (χ0) is 24.1. The van der Waals surface area contributed by atoms with Crippen LogP contribution in [-0.4, -0.2) is 40.2 Å². The number of ether oxygens (including phenoxy) is 2. The third kappa shape index (κ3) is 5.31. The zero-order valence-corrected chi connectivity index (χ0v) is 21.0. The first-order chi connectivity index (χ1) is 16.5. The van der Waals surface area contributed by atoms with Crippen molar-refractivity contribution in [1.29, 1.82) is 5.41 Å². The Balaban J connectivity index is 1.49. The fourth-order valence-corrected chi connectivity index (χ4v) is 4.57. The Morgan fingerprint density at radius 2 is 1.94 bits per heavy atom. The molecule has 0 saturated carbocycles. The van der Waals surface area contributed by atoms with Gasteiger partial charge < -0.3 is 9.47 Å². The van der Waals surface area contributed by atoms with Crippen LogP contribution in [0.4, 0.5) is 0 Å². The van der Waals surface area contributed by atoms with Gasteiger partial charge in [0, 0.05) is 10.0 Å². The number of benzene rings is 2. The molecule has 9 heteroatoms. The van der Waals surface area contributed by atoms with Crippen molar-refractivity contribution in [2.45, 2.75) is 19.8 Å². The molecular weight excluding hydrogens is 516 g/mol. The highest BCUT2D eigenvalue weighted by molar-refractivity contribution is 9.10. The van der Waals surface area contributed by atoms with Gasteiger partial charge in [-0.05, 0) is 60.5 Å². The van der Waals surface area contributed by atoms with Crippen LogP contribution in [0.1, 0.15) is 24.5 Å². The Bertz CT molecular complexity index is 1240. The first-order valence-electron chi connectivity index (χ1n) is 10.7. The van der Waals surface area contributed by atoms with Crippen molar-refractivity contribution in [3.63, 3.8) is 0 Å². The molecule has 2 heterocycles. The zero-order valence-electron chi connectivity index (χ0n) is 18.6. The highest BCUT2D eigenvalue weighted by Crippen LogP contribution is 2.31. The summed E-state index contributed by atoms with van der Waals surface area (Å²) in [6.45, 7) is 6.41. The van der Waals surface area contributed by atoms with Crippen molar-refractivity contribution in [2.75, 3.05) is 13.2 Å². The quantitative estimate of drug-likeness (QED) is 0.252. The Morgan fingerprint density at radius 3 is 2.71 bits per heavy atom. The second kappa shape index (κ2) is 10.8. The number of hydrazone groups is 1. The minimum atomic E-state index is -0.468. The average molecular weight is 539 g/mol. The van der Waals surface area contributed by atoms with Gasteiger partial charge in [0.2, 0.25) is 5.17 Å². The molecule has 2 aliphatic rings. The number of fused-ring (bicyclic) bond motifs is 1. The van der Waals surface area contributed by atoms with E-state index in [0.717, 1.165) is 27.3 Å². The second-order valence-electron chi connectivity index (χ2n) is 7.35. The van der Waals surface area contributed by atoms with Crippen LogP contribution in [0.5, 0.6) is 11.5 Å². The molecule has 1 amide bonds. The van der Waals surface area contributed by atoms with E-state index >= 15 is 0 Å².